The molecule has 1 aliphatic rings. The molecule has 0 bridgehead atoms. The van der Waals surface area contributed by atoms with Crippen molar-refractivity contribution in [3.05, 3.63) is 13.9 Å². The first-order valence-electron chi connectivity index (χ1n) is 16.3. The Balaban J connectivity index is -0.000000117. The SMILES string of the molecule is C1COCCOCCOCCOCCO1.C[Si](C)(C)[N-][Si](C)(C)C.C[Si](C)(C)[N-][Si](C)(C)C.C[Si](C)(C)[N-][Si](C)(C)C.ClCCl.[Fe+2].[Li+]. The molecule has 0 aromatic carbocycles. The van der Waals surface area contributed by atoms with E-state index in [0.717, 1.165) is 0 Å². The molecule has 1 saturated heterocycles. The van der Waals surface area contributed by atoms with Crippen molar-refractivity contribution in [3.8, 4) is 0 Å². The third-order valence-corrected chi connectivity index (χ3v) is 20.0. The third-order valence-electron chi connectivity index (χ3n) is 3.87. The van der Waals surface area contributed by atoms with E-state index in [0.29, 0.717) is 66.1 Å². The fourth-order valence-corrected chi connectivity index (χ4v) is 28.3. The summed E-state index contributed by atoms with van der Waals surface area (Å²) >= 11 is 9.53. The Labute approximate surface area is 332 Å². The van der Waals surface area contributed by atoms with Crippen LogP contribution in [0.4, 0.5) is 0 Å². The monoisotopic (exact) mass is 847 g/mol. The summed E-state index contributed by atoms with van der Waals surface area (Å²) < 4.78 is 40.8. The summed E-state index contributed by atoms with van der Waals surface area (Å²) in [6, 6.07) is 0. The first kappa shape index (κ1) is 61.7. The van der Waals surface area contributed by atoms with Gasteiger partial charge in [0.05, 0.1) is 71.4 Å². The van der Waals surface area contributed by atoms with Crippen molar-refractivity contribution in [3.63, 3.8) is 0 Å². The number of halogens is 2. The molecule has 18 heteroatoms. The van der Waals surface area contributed by atoms with E-state index in [1.165, 1.54) is 0 Å². The molecule has 1 fully saturated rings. The largest absolute Gasteiger partial charge is 2.00 e. The third kappa shape index (κ3) is 83.3. The zero-order chi connectivity index (χ0) is 36.4. The van der Waals surface area contributed by atoms with E-state index in [1.54, 1.807) is 0 Å². The fraction of sp³-hybridized carbons (Fsp3) is 1.00. The van der Waals surface area contributed by atoms with Gasteiger partial charge in [0, 0.05) is 0 Å². The van der Waals surface area contributed by atoms with Crippen LogP contribution in [-0.4, -0.2) is 121 Å². The van der Waals surface area contributed by atoms with Gasteiger partial charge < -0.3 is 37.6 Å². The molecule has 0 aromatic heterocycles. The van der Waals surface area contributed by atoms with Crippen LogP contribution in [0.1, 0.15) is 0 Å². The maximum atomic E-state index is 5.28. The zero-order valence-corrected chi connectivity index (χ0v) is 42.9. The maximum absolute atomic E-state index is 5.28. The van der Waals surface area contributed by atoms with Crippen molar-refractivity contribution in [2.45, 2.75) is 118 Å². The fourth-order valence-electron chi connectivity index (χ4n) is 4.12. The van der Waals surface area contributed by atoms with Crippen molar-refractivity contribution >= 4 is 72.6 Å². The van der Waals surface area contributed by atoms with Crippen LogP contribution in [0, 0.1) is 0 Å². The molecule has 0 unspecified atom stereocenters. The summed E-state index contributed by atoms with van der Waals surface area (Å²) in [5.41, 5.74) is 0. The number of alkyl halides is 2. The quantitative estimate of drug-likeness (QED) is 0.203. The summed E-state index contributed by atoms with van der Waals surface area (Å²) in [7, 11) is -6.64. The first-order chi connectivity index (χ1) is 20.0. The van der Waals surface area contributed by atoms with Gasteiger partial charge in [-0.05, 0) is 0 Å². The molecule has 0 spiro atoms. The normalized spacial score (nSPS) is 16.1. The van der Waals surface area contributed by atoms with Crippen molar-refractivity contribution in [1.82, 2.24) is 0 Å². The number of ether oxygens (including phenoxy) is 5. The van der Waals surface area contributed by atoms with Gasteiger partial charge >= 0.3 is 35.9 Å². The van der Waals surface area contributed by atoms with Gasteiger partial charge in [0.25, 0.3) is 0 Å². The standard InChI is InChI=1S/C10H20O5.3C6H18NSi2.CH2Cl2.Fe.Li/c1-2-12-5-6-14-9-10-15-8-7-13-4-3-11-1;3*1-8(2,3)7-9(4,5)6;2-1-3;;/h1-10H2;3*1-6H3;1H2;;/q;3*-1;;+2;+1. The second kappa shape index (κ2) is 33.3. The van der Waals surface area contributed by atoms with Gasteiger partial charge in [0.15, 0.2) is 0 Å². The molecule has 0 atom stereocenters. The molecule has 47 heavy (non-hydrogen) atoms. The average Bonchev–Trinajstić information content (AvgIpc) is 2.73. The molecule has 0 radical (unpaired) electrons. The molecule has 0 saturated carbocycles. The van der Waals surface area contributed by atoms with Crippen LogP contribution >= 0.6 is 23.2 Å². The molecule has 0 N–H and O–H groups in total. The number of hydrogen-bond donors (Lipinski definition) is 0. The van der Waals surface area contributed by atoms with Crippen molar-refractivity contribution in [2.75, 3.05) is 71.4 Å². The van der Waals surface area contributed by atoms with Gasteiger partial charge in [-0.15, -0.1) is 23.2 Å². The summed E-state index contributed by atoms with van der Waals surface area (Å²) in [6.45, 7) is 47.5. The van der Waals surface area contributed by atoms with Gasteiger partial charge in [0.2, 0.25) is 0 Å². The molecule has 1 rings (SSSR count). The molecular formula is C29H76Cl2FeLiN3O5Si6. The van der Waals surface area contributed by atoms with Gasteiger partial charge in [0.1, 0.15) is 0 Å². The van der Waals surface area contributed by atoms with Crippen LogP contribution in [0.2, 0.25) is 118 Å². The topological polar surface area (TPSA) is 88.5 Å². The van der Waals surface area contributed by atoms with E-state index in [9.17, 15) is 0 Å². The summed E-state index contributed by atoms with van der Waals surface area (Å²) in [5, 5.41) is 0.194. The van der Waals surface area contributed by atoms with Crippen LogP contribution in [0.25, 0.3) is 13.9 Å². The van der Waals surface area contributed by atoms with E-state index < -0.39 is 49.4 Å². The maximum Gasteiger partial charge on any atom is 2.00 e. The van der Waals surface area contributed by atoms with Crippen molar-refractivity contribution < 1.29 is 59.6 Å². The van der Waals surface area contributed by atoms with Gasteiger partial charge in [-0.2, -0.15) is 0 Å². The summed E-state index contributed by atoms with van der Waals surface area (Å²) in [4.78, 5) is 0. The second-order valence-electron chi connectivity index (χ2n) is 16.5. The minimum atomic E-state index is -1.11. The number of nitrogens with zero attached hydrogens (tertiary/aromatic N) is 3. The van der Waals surface area contributed by atoms with E-state index in [4.69, 9.17) is 60.8 Å². The van der Waals surface area contributed by atoms with E-state index in [-0.39, 0.29) is 41.3 Å². The molecule has 0 amide bonds. The molecule has 1 aliphatic heterocycles. The minimum absolute atomic E-state index is 0. The van der Waals surface area contributed by atoms with Crippen molar-refractivity contribution in [1.29, 1.82) is 0 Å². The van der Waals surface area contributed by atoms with Crippen LogP contribution in [0.5, 0.6) is 0 Å². The average molecular weight is 849 g/mol. The Hall–Kier alpha value is 2.68. The molecule has 0 aromatic rings. The van der Waals surface area contributed by atoms with Crippen LogP contribution in [0.3, 0.4) is 0 Å². The summed E-state index contributed by atoms with van der Waals surface area (Å²) in [6.07, 6.45) is 0. The zero-order valence-electron chi connectivity index (χ0n) is 34.3. The molecule has 8 nitrogen and oxygen atoms in total. The minimum Gasteiger partial charge on any atom is -0.668 e. The molecule has 1 heterocycles. The first-order valence-corrected chi connectivity index (χ1v) is 38.0. The number of rotatable bonds is 6. The second-order valence-corrected chi connectivity index (χ2v) is 46.1. The Morgan fingerprint density at radius 3 is 0.468 bits per heavy atom. The van der Waals surface area contributed by atoms with Crippen molar-refractivity contribution in [2.24, 2.45) is 0 Å². The van der Waals surface area contributed by atoms with E-state index >= 15 is 0 Å². The van der Waals surface area contributed by atoms with E-state index in [2.05, 4.69) is 118 Å². The Bertz CT molecular complexity index is 509. The van der Waals surface area contributed by atoms with Crippen LogP contribution in [-0.2, 0) is 40.8 Å². The molecule has 0 aliphatic carbocycles. The Kier molecular flexibility index (Phi) is 43.7. The Morgan fingerprint density at radius 2 is 0.426 bits per heavy atom. The Morgan fingerprint density at radius 1 is 0.340 bits per heavy atom. The number of hydrogen-bond acceptors (Lipinski definition) is 5. The van der Waals surface area contributed by atoms with Gasteiger partial charge in [-0.3, -0.25) is 0 Å². The van der Waals surface area contributed by atoms with Crippen LogP contribution < -0.4 is 18.9 Å². The molecular weight excluding hydrogens is 773 g/mol. The van der Waals surface area contributed by atoms with Gasteiger partial charge in [-0.1, -0.05) is 167 Å². The predicted octanol–water partition coefficient (Wildman–Crippen LogP) is 7.60. The van der Waals surface area contributed by atoms with Crippen LogP contribution in [0.15, 0.2) is 0 Å². The predicted molar refractivity (Wildman–Crippen MR) is 221 cm³/mol. The van der Waals surface area contributed by atoms with E-state index in [1.807, 2.05) is 0 Å². The van der Waals surface area contributed by atoms with Gasteiger partial charge in [-0.25, -0.2) is 0 Å². The smallest absolute Gasteiger partial charge is 0.668 e. The summed E-state index contributed by atoms with van der Waals surface area (Å²) in [5.74, 6) is 0. The molecule has 284 valence electrons.